The van der Waals surface area contributed by atoms with Gasteiger partial charge in [-0.25, -0.2) is 0 Å². The molecule has 41 heavy (non-hydrogen) atoms. The number of halogens is 3. The third-order valence-corrected chi connectivity index (χ3v) is 13.4. The minimum Gasteiger partial charge on any atom is -0.461 e. The number of allylic oxidation sites excluding steroid dienone is 1. The van der Waals surface area contributed by atoms with Gasteiger partial charge in [-0.15, -0.1) is 18.3 Å². The van der Waals surface area contributed by atoms with Crippen LogP contribution in [0.1, 0.15) is 86.0 Å². The lowest BCUT2D eigenvalue weighted by Crippen LogP contribution is -2.61. The van der Waals surface area contributed by atoms with Crippen LogP contribution in [0.2, 0.25) is 0 Å². The van der Waals surface area contributed by atoms with Crippen LogP contribution < -0.4 is 5.32 Å². The zero-order valence-electron chi connectivity index (χ0n) is 24.9. The van der Waals surface area contributed by atoms with Crippen molar-refractivity contribution < 1.29 is 37.4 Å². The molecule has 232 valence electrons. The van der Waals surface area contributed by atoms with E-state index >= 15 is 0 Å². The molecule has 11 atom stereocenters. The number of thioether (sulfide) groups is 1. The molecule has 0 heterocycles. The van der Waals surface area contributed by atoms with Gasteiger partial charge < -0.3 is 15.2 Å². The van der Waals surface area contributed by atoms with E-state index in [4.69, 9.17) is 4.74 Å². The highest BCUT2D eigenvalue weighted by atomic mass is 32.2. The predicted molar refractivity (Wildman–Crippen MR) is 152 cm³/mol. The van der Waals surface area contributed by atoms with E-state index in [0.29, 0.717) is 25.2 Å². The summed E-state index contributed by atoms with van der Waals surface area (Å²) in [6, 6.07) is -0.768. The fourth-order valence-corrected chi connectivity index (χ4v) is 9.95. The molecule has 4 aliphatic rings. The average Bonchev–Trinajstić information content (AvgIpc) is 3.26. The summed E-state index contributed by atoms with van der Waals surface area (Å²) in [5.41, 5.74) is -0.930. The number of rotatable bonds is 6. The molecule has 0 aliphatic heterocycles. The molecule has 0 aromatic rings. The molecule has 10 heteroatoms. The number of nitrogens with one attached hydrogen (secondary N) is 1. The number of ether oxygens (including phenoxy) is 1. The van der Waals surface area contributed by atoms with Gasteiger partial charge in [0.1, 0.15) is 11.9 Å². The second-order valence-corrected chi connectivity index (χ2v) is 15.0. The van der Waals surface area contributed by atoms with Crippen LogP contribution in [0.15, 0.2) is 12.7 Å². The molecule has 1 amide bonds. The lowest BCUT2D eigenvalue weighted by Gasteiger charge is -2.62. The number of hydrogen-bond donors (Lipinski definition) is 2. The van der Waals surface area contributed by atoms with Crippen molar-refractivity contribution in [3.05, 3.63) is 12.7 Å². The molecule has 0 aromatic carbocycles. The van der Waals surface area contributed by atoms with E-state index in [1.54, 1.807) is 0 Å². The van der Waals surface area contributed by atoms with Gasteiger partial charge in [0.25, 0.3) is 0 Å². The summed E-state index contributed by atoms with van der Waals surface area (Å²) in [6.45, 7) is 15.2. The molecule has 4 rings (SSSR count). The van der Waals surface area contributed by atoms with E-state index in [-0.39, 0.29) is 58.2 Å². The van der Waals surface area contributed by atoms with E-state index < -0.39 is 41.7 Å². The zero-order chi connectivity index (χ0) is 30.5. The predicted octanol–water partition coefficient (Wildman–Crippen LogP) is 5.86. The SMILES string of the molecule is C=C[C@]1(C)C[C@@H](OC(=O)CS[C@@H]2CC[C@@H](NC(=O)C(F)(F)F)C[C@H]2O)[C@]2(C)C(C)CCC3(CCC(=O)[C@H]32)[C@@H](C)[C@@H]1C. The third kappa shape index (κ3) is 5.73. The summed E-state index contributed by atoms with van der Waals surface area (Å²) >= 11 is 1.24. The molecule has 2 unspecified atom stereocenters. The van der Waals surface area contributed by atoms with Gasteiger partial charge in [-0.05, 0) is 73.5 Å². The van der Waals surface area contributed by atoms with E-state index in [0.717, 1.165) is 19.3 Å². The molecule has 0 radical (unpaired) electrons. The Hall–Kier alpha value is -1.55. The van der Waals surface area contributed by atoms with Crippen LogP contribution in [0.4, 0.5) is 13.2 Å². The van der Waals surface area contributed by atoms with E-state index in [1.165, 1.54) is 11.8 Å². The summed E-state index contributed by atoms with van der Waals surface area (Å²) < 4.78 is 44.2. The van der Waals surface area contributed by atoms with Gasteiger partial charge in [0.15, 0.2) is 0 Å². The second-order valence-electron chi connectivity index (χ2n) is 13.8. The van der Waals surface area contributed by atoms with E-state index in [1.807, 2.05) is 11.4 Å². The smallest absolute Gasteiger partial charge is 0.461 e. The highest BCUT2D eigenvalue weighted by Gasteiger charge is 2.67. The van der Waals surface area contributed by atoms with Crippen molar-refractivity contribution >= 4 is 29.4 Å². The van der Waals surface area contributed by atoms with E-state index in [9.17, 15) is 32.7 Å². The fourth-order valence-electron chi connectivity index (χ4n) is 8.89. The quantitative estimate of drug-likeness (QED) is 0.293. The number of carbonyl (C=O) groups is 3. The number of hydrogen-bond acceptors (Lipinski definition) is 6. The number of esters is 1. The Morgan fingerprint density at radius 2 is 1.83 bits per heavy atom. The summed E-state index contributed by atoms with van der Waals surface area (Å²) in [7, 11) is 0. The first-order chi connectivity index (χ1) is 19.0. The highest BCUT2D eigenvalue weighted by molar-refractivity contribution is 8.00. The van der Waals surface area contributed by atoms with Gasteiger partial charge in [0.05, 0.1) is 11.9 Å². The third-order valence-electron chi connectivity index (χ3n) is 12.0. The first-order valence-corrected chi connectivity index (χ1v) is 16.1. The van der Waals surface area contributed by atoms with Crippen molar-refractivity contribution in [2.75, 3.05) is 5.75 Å². The standard InChI is InChI=1S/C31H46F3NO5S/c1-7-28(5)15-24(29(6)17(2)10-12-30(19(4)18(28)3)13-11-21(36)26(29)30)40-25(38)16-41-23-9-8-20(14-22(23)37)35-27(39)31(32,33)34/h7,17-20,22-24,26,37H,1,8-16H2,2-6H3,(H,35,39)/t17?,18-,19-,20+,22+,23+,24+,26-,28+,29-,30?/m0/s1. The topological polar surface area (TPSA) is 92.7 Å². The van der Waals surface area contributed by atoms with Crippen LogP contribution in [0.25, 0.3) is 0 Å². The first kappa shape index (κ1) is 32.4. The van der Waals surface area contributed by atoms with E-state index in [2.05, 4.69) is 41.2 Å². The van der Waals surface area contributed by atoms with Crippen molar-refractivity contribution in [1.29, 1.82) is 0 Å². The number of ketones is 1. The number of amides is 1. The average molecular weight is 602 g/mol. The molecule has 0 spiro atoms. The second kappa shape index (κ2) is 11.5. The number of carbonyl (C=O) groups excluding carboxylic acids is 3. The molecule has 0 aromatic heterocycles. The summed E-state index contributed by atoms with van der Waals surface area (Å²) in [5.74, 6) is -1.57. The molecule has 4 aliphatic carbocycles. The molecule has 4 fully saturated rings. The Labute approximate surface area is 246 Å². The first-order valence-electron chi connectivity index (χ1n) is 15.0. The molecule has 6 nitrogen and oxygen atoms in total. The summed E-state index contributed by atoms with van der Waals surface area (Å²) in [5, 5.41) is 12.2. The van der Waals surface area contributed by atoms with Crippen LogP contribution in [0, 0.1) is 39.9 Å². The highest BCUT2D eigenvalue weighted by Crippen LogP contribution is 2.69. The van der Waals surface area contributed by atoms with Gasteiger partial charge in [-0.3, -0.25) is 14.4 Å². The largest absolute Gasteiger partial charge is 0.471 e. The molecular formula is C31H46F3NO5S. The Kier molecular flexibility index (Phi) is 9.09. The maximum atomic E-state index is 13.6. The summed E-state index contributed by atoms with van der Waals surface area (Å²) in [4.78, 5) is 38.3. The maximum Gasteiger partial charge on any atom is 0.471 e. The van der Waals surface area contributed by atoms with Crippen LogP contribution in [0.3, 0.4) is 0 Å². The van der Waals surface area contributed by atoms with Gasteiger partial charge in [-0.1, -0.05) is 40.7 Å². The minimum atomic E-state index is -4.97. The van der Waals surface area contributed by atoms with Crippen LogP contribution in [0.5, 0.6) is 0 Å². The van der Waals surface area contributed by atoms with Crippen molar-refractivity contribution in [2.24, 2.45) is 39.9 Å². The number of Topliss-reactive ketones (excluding diaryl/α,β-unsaturated/α-hetero) is 1. The van der Waals surface area contributed by atoms with Crippen LogP contribution >= 0.6 is 11.8 Å². The van der Waals surface area contributed by atoms with Crippen molar-refractivity contribution in [3.8, 4) is 0 Å². The summed E-state index contributed by atoms with van der Waals surface area (Å²) in [6.07, 6.45) is 0.217. The number of aliphatic hydroxyl groups excluding tert-OH is 1. The van der Waals surface area contributed by atoms with Gasteiger partial charge >= 0.3 is 18.1 Å². The molecule has 2 bridgehead atoms. The zero-order valence-corrected chi connectivity index (χ0v) is 25.7. The lowest BCUT2D eigenvalue weighted by molar-refractivity contribution is -0.196. The molecular weight excluding hydrogens is 555 g/mol. The van der Waals surface area contributed by atoms with Crippen molar-refractivity contribution in [2.45, 2.75) is 116 Å². The normalized spacial score (nSPS) is 44.8. The molecule has 2 N–H and O–H groups in total. The fraction of sp³-hybridized carbons (Fsp3) is 0.839. The molecule has 0 saturated heterocycles. The Bertz CT molecular complexity index is 1050. The Morgan fingerprint density at radius 1 is 1.15 bits per heavy atom. The van der Waals surface area contributed by atoms with Crippen molar-refractivity contribution in [3.63, 3.8) is 0 Å². The van der Waals surface area contributed by atoms with Crippen LogP contribution in [-0.4, -0.2) is 58.2 Å². The minimum absolute atomic E-state index is 0.00756. The maximum absolute atomic E-state index is 13.6. The van der Waals surface area contributed by atoms with Gasteiger partial charge in [-0.2, -0.15) is 13.2 Å². The van der Waals surface area contributed by atoms with Crippen LogP contribution in [-0.2, 0) is 19.1 Å². The number of aliphatic hydroxyl groups is 1. The molecule has 4 saturated carbocycles. The Morgan fingerprint density at radius 3 is 2.44 bits per heavy atom. The van der Waals surface area contributed by atoms with Gasteiger partial charge in [0, 0.05) is 29.0 Å². The lowest BCUT2D eigenvalue weighted by atomic mass is 9.42. The monoisotopic (exact) mass is 601 g/mol. The van der Waals surface area contributed by atoms with Crippen molar-refractivity contribution in [1.82, 2.24) is 5.32 Å². The number of alkyl halides is 3. The Balaban J connectivity index is 1.48. The van der Waals surface area contributed by atoms with Gasteiger partial charge in [0.2, 0.25) is 0 Å².